The van der Waals surface area contributed by atoms with E-state index in [1.165, 1.54) is 39.2 Å². The van der Waals surface area contributed by atoms with Crippen LogP contribution < -0.4 is 5.32 Å². The average molecular weight is 293 g/mol. The Morgan fingerprint density at radius 1 is 1.38 bits per heavy atom. The molecule has 1 aliphatic rings. The molecule has 1 aliphatic carbocycles. The summed E-state index contributed by atoms with van der Waals surface area (Å²) < 4.78 is 10.1. The maximum atomic E-state index is 11.3. The Balaban J connectivity index is 1.85. The molecule has 0 amide bonds. The minimum atomic E-state index is -0.423. The number of carbonyl (C=O) groups is 1. The van der Waals surface area contributed by atoms with Crippen molar-refractivity contribution in [2.24, 2.45) is 11.3 Å². The van der Waals surface area contributed by atoms with Gasteiger partial charge in [0.1, 0.15) is 5.76 Å². The van der Waals surface area contributed by atoms with Gasteiger partial charge in [0.15, 0.2) is 0 Å². The van der Waals surface area contributed by atoms with Crippen molar-refractivity contribution < 1.29 is 13.9 Å². The van der Waals surface area contributed by atoms with Crippen molar-refractivity contribution in [3.8, 4) is 0 Å². The lowest BCUT2D eigenvalue weighted by atomic mass is 9.78. The molecule has 1 N–H and O–H groups in total. The van der Waals surface area contributed by atoms with Gasteiger partial charge < -0.3 is 14.5 Å². The summed E-state index contributed by atoms with van der Waals surface area (Å²) in [4.78, 5) is 11.3. The van der Waals surface area contributed by atoms with E-state index in [0.717, 1.165) is 18.2 Å². The predicted molar refractivity (Wildman–Crippen MR) is 82.1 cm³/mol. The summed E-state index contributed by atoms with van der Waals surface area (Å²) in [6.07, 6.45) is 6.63. The van der Waals surface area contributed by atoms with Gasteiger partial charge in [-0.2, -0.15) is 0 Å². The topological polar surface area (TPSA) is 51.5 Å². The molecule has 21 heavy (non-hydrogen) atoms. The van der Waals surface area contributed by atoms with Crippen LogP contribution in [0.2, 0.25) is 0 Å². The first kappa shape index (κ1) is 16.1. The summed E-state index contributed by atoms with van der Waals surface area (Å²) in [5.41, 5.74) is 0.450. The van der Waals surface area contributed by atoms with Crippen molar-refractivity contribution in [2.75, 3.05) is 13.7 Å². The molecule has 2 rings (SSSR count). The van der Waals surface area contributed by atoms with Gasteiger partial charge in [-0.1, -0.05) is 26.7 Å². The van der Waals surface area contributed by atoms with Crippen molar-refractivity contribution in [1.29, 1.82) is 0 Å². The monoisotopic (exact) mass is 293 g/mol. The molecule has 0 unspecified atom stereocenters. The van der Waals surface area contributed by atoms with Crippen LogP contribution in [0, 0.1) is 11.3 Å². The van der Waals surface area contributed by atoms with E-state index < -0.39 is 5.97 Å². The third-order valence-corrected chi connectivity index (χ3v) is 4.35. The predicted octanol–water partition coefficient (Wildman–Crippen LogP) is 3.76. The van der Waals surface area contributed by atoms with Crippen LogP contribution in [-0.2, 0) is 11.3 Å². The van der Waals surface area contributed by atoms with Crippen LogP contribution >= 0.6 is 0 Å². The summed E-state index contributed by atoms with van der Waals surface area (Å²) in [6, 6.07) is 3.51. The Labute approximate surface area is 127 Å². The second kappa shape index (κ2) is 7.12. The molecular formula is C17H27NO3. The maximum absolute atomic E-state index is 11.3. The van der Waals surface area contributed by atoms with E-state index in [1.54, 1.807) is 6.07 Å². The van der Waals surface area contributed by atoms with Crippen molar-refractivity contribution in [2.45, 2.75) is 52.5 Å². The van der Waals surface area contributed by atoms with Crippen LogP contribution in [0.4, 0.5) is 0 Å². The number of rotatable bonds is 7. The molecule has 4 heteroatoms. The molecule has 1 aromatic rings. The maximum Gasteiger partial charge on any atom is 0.373 e. The van der Waals surface area contributed by atoms with Crippen LogP contribution in [0.5, 0.6) is 0 Å². The molecule has 0 aliphatic heterocycles. The Kier molecular flexibility index (Phi) is 5.45. The third-order valence-electron chi connectivity index (χ3n) is 4.35. The number of hydrogen-bond acceptors (Lipinski definition) is 4. The molecule has 0 bridgehead atoms. The number of esters is 1. The number of carbonyl (C=O) groups excluding carboxylic acids is 1. The second-order valence-electron chi connectivity index (χ2n) is 6.67. The van der Waals surface area contributed by atoms with Gasteiger partial charge in [-0.3, -0.25) is 0 Å². The summed E-state index contributed by atoms with van der Waals surface area (Å²) in [6.45, 7) is 6.29. The van der Waals surface area contributed by atoms with Gasteiger partial charge in [0.05, 0.1) is 13.7 Å². The lowest BCUT2D eigenvalue weighted by molar-refractivity contribution is 0.0562. The highest BCUT2D eigenvalue weighted by Crippen LogP contribution is 2.42. The van der Waals surface area contributed by atoms with E-state index in [9.17, 15) is 4.79 Å². The SMILES string of the molecule is COC(=O)c1ccc(CNCC2(CC(C)C)CCCC2)o1. The molecule has 1 aromatic heterocycles. The van der Waals surface area contributed by atoms with Gasteiger partial charge in [0.25, 0.3) is 0 Å². The first-order valence-corrected chi connectivity index (χ1v) is 7.92. The van der Waals surface area contributed by atoms with Crippen LogP contribution in [0.25, 0.3) is 0 Å². The zero-order valence-corrected chi connectivity index (χ0v) is 13.4. The third kappa shape index (κ3) is 4.34. The highest BCUT2D eigenvalue weighted by atomic mass is 16.5. The Morgan fingerprint density at radius 2 is 2.10 bits per heavy atom. The van der Waals surface area contributed by atoms with Crippen LogP contribution in [0.3, 0.4) is 0 Å². The van der Waals surface area contributed by atoms with Crippen molar-refractivity contribution in [3.63, 3.8) is 0 Å². The minimum absolute atomic E-state index is 0.270. The molecule has 0 aromatic carbocycles. The summed E-state index contributed by atoms with van der Waals surface area (Å²) in [5.74, 6) is 1.37. The smallest absolute Gasteiger partial charge is 0.373 e. The molecule has 0 spiro atoms. The summed E-state index contributed by atoms with van der Waals surface area (Å²) in [7, 11) is 1.36. The van der Waals surface area contributed by atoms with Gasteiger partial charge >= 0.3 is 5.97 Å². The highest BCUT2D eigenvalue weighted by Gasteiger charge is 2.33. The number of methoxy groups -OCH3 is 1. The summed E-state index contributed by atoms with van der Waals surface area (Å²) >= 11 is 0. The van der Waals surface area contributed by atoms with Gasteiger partial charge in [-0.05, 0) is 42.7 Å². The van der Waals surface area contributed by atoms with Gasteiger partial charge in [-0.25, -0.2) is 4.79 Å². The van der Waals surface area contributed by atoms with Crippen molar-refractivity contribution >= 4 is 5.97 Å². The number of ether oxygens (including phenoxy) is 1. The van der Waals surface area contributed by atoms with E-state index >= 15 is 0 Å². The molecule has 118 valence electrons. The lowest BCUT2D eigenvalue weighted by Crippen LogP contribution is -2.33. The van der Waals surface area contributed by atoms with Crippen molar-refractivity contribution in [1.82, 2.24) is 5.32 Å². The fourth-order valence-electron chi connectivity index (χ4n) is 3.58. The van der Waals surface area contributed by atoms with Crippen LogP contribution in [0.15, 0.2) is 16.5 Å². The number of furan rings is 1. The normalized spacial score (nSPS) is 17.3. The van der Waals surface area contributed by atoms with Crippen LogP contribution in [-0.4, -0.2) is 19.6 Å². The summed E-state index contributed by atoms with van der Waals surface area (Å²) in [5, 5.41) is 3.51. The first-order chi connectivity index (χ1) is 10.0. The van der Waals surface area contributed by atoms with Crippen molar-refractivity contribution in [3.05, 3.63) is 23.7 Å². The molecule has 4 nitrogen and oxygen atoms in total. The Bertz CT molecular complexity index is 458. The zero-order chi connectivity index (χ0) is 15.3. The number of nitrogens with one attached hydrogen (secondary N) is 1. The first-order valence-electron chi connectivity index (χ1n) is 7.92. The standard InChI is InChI=1S/C17H27NO3/c1-13(2)10-17(8-4-5-9-17)12-18-11-14-6-7-15(21-14)16(19)20-3/h6-7,13,18H,4-5,8-12H2,1-3H3. The average Bonchev–Trinajstić information content (AvgIpc) is 3.07. The molecule has 1 heterocycles. The quantitative estimate of drug-likeness (QED) is 0.778. The molecular weight excluding hydrogens is 266 g/mol. The largest absolute Gasteiger partial charge is 0.463 e. The second-order valence-corrected chi connectivity index (χ2v) is 6.67. The fourth-order valence-corrected chi connectivity index (χ4v) is 3.58. The molecule has 0 saturated heterocycles. The van der Waals surface area contributed by atoms with E-state index in [-0.39, 0.29) is 5.76 Å². The number of hydrogen-bond donors (Lipinski definition) is 1. The van der Waals surface area contributed by atoms with Gasteiger partial charge in [0, 0.05) is 6.54 Å². The van der Waals surface area contributed by atoms with E-state index in [1.807, 2.05) is 6.07 Å². The fraction of sp³-hybridized carbons (Fsp3) is 0.706. The molecule has 0 radical (unpaired) electrons. The highest BCUT2D eigenvalue weighted by molar-refractivity contribution is 5.86. The minimum Gasteiger partial charge on any atom is -0.463 e. The lowest BCUT2D eigenvalue weighted by Gasteiger charge is -2.31. The molecule has 1 fully saturated rings. The Hall–Kier alpha value is -1.29. The van der Waals surface area contributed by atoms with Gasteiger partial charge in [-0.15, -0.1) is 0 Å². The van der Waals surface area contributed by atoms with E-state index in [0.29, 0.717) is 12.0 Å². The Morgan fingerprint density at radius 3 is 2.71 bits per heavy atom. The zero-order valence-electron chi connectivity index (χ0n) is 13.4. The van der Waals surface area contributed by atoms with Gasteiger partial charge in [0.2, 0.25) is 5.76 Å². The van der Waals surface area contributed by atoms with E-state index in [2.05, 4.69) is 23.9 Å². The van der Waals surface area contributed by atoms with E-state index in [4.69, 9.17) is 4.42 Å². The molecule has 0 atom stereocenters. The molecule has 1 saturated carbocycles. The van der Waals surface area contributed by atoms with Crippen LogP contribution in [0.1, 0.15) is 62.3 Å².